The molecule has 0 aliphatic heterocycles. The van der Waals surface area contributed by atoms with Crippen molar-refractivity contribution >= 4 is 33.9 Å². The molecule has 1 aromatic carbocycles. The second-order valence-electron chi connectivity index (χ2n) is 7.53. The maximum Gasteiger partial charge on any atom is 0.341 e. The largest absolute Gasteiger partial charge is 0.465 e. The third-order valence-electron chi connectivity index (χ3n) is 5.57. The number of methoxy groups -OCH3 is 1. The number of fused-ring (bicyclic) bond motifs is 2. The molecule has 7 nitrogen and oxygen atoms in total. The number of alkyl halides is 2. The highest BCUT2D eigenvalue weighted by atomic mass is 32.1. The molecule has 0 bridgehead atoms. The second-order valence-corrected chi connectivity index (χ2v) is 8.64. The maximum absolute atomic E-state index is 13.8. The van der Waals surface area contributed by atoms with Crippen LogP contribution in [0, 0.1) is 0 Å². The lowest BCUT2D eigenvalue weighted by Gasteiger charge is -2.09. The number of carbonyl (C=O) groups excluding carboxylic acids is 2. The molecule has 4 aromatic rings. The predicted molar refractivity (Wildman–Crippen MR) is 119 cm³/mol. The summed E-state index contributed by atoms with van der Waals surface area (Å²) >= 11 is 1.33. The summed E-state index contributed by atoms with van der Waals surface area (Å²) in [5, 5.41) is 7.12. The molecule has 168 valence electrons. The zero-order valence-electron chi connectivity index (χ0n) is 17.5. The van der Waals surface area contributed by atoms with E-state index in [4.69, 9.17) is 4.74 Å². The van der Waals surface area contributed by atoms with E-state index in [1.807, 2.05) is 6.07 Å². The highest BCUT2D eigenvalue weighted by Gasteiger charge is 2.29. The first-order chi connectivity index (χ1) is 16.0. The highest BCUT2D eigenvalue weighted by molar-refractivity contribution is 7.17. The van der Waals surface area contributed by atoms with Gasteiger partial charge in [0, 0.05) is 10.4 Å². The van der Waals surface area contributed by atoms with E-state index >= 15 is 0 Å². The molecule has 3 heterocycles. The Bertz CT molecular complexity index is 1380. The lowest BCUT2D eigenvalue weighted by molar-refractivity contribution is 0.0601. The number of amides is 1. The molecule has 0 saturated carbocycles. The van der Waals surface area contributed by atoms with Crippen molar-refractivity contribution in [1.29, 1.82) is 0 Å². The smallest absolute Gasteiger partial charge is 0.341 e. The predicted octanol–water partition coefficient (Wildman–Crippen LogP) is 4.92. The standard InChI is InChI=1S/C23H18F2N4O3S/c1-32-23(31)18-13-8-5-9-17(13)33-22(18)28-21(30)14-11-26-29-16(19(24)25)10-15(27-20(14)29)12-6-3-2-4-7-12/h2-4,6-7,10-11,19H,5,8-9H2,1H3,(H,28,30). The van der Waals surface area contributed by atoms with Gasteiger partial charge in [0.25, 0.3) is 12.3 Å². The number of hydrogen-bond donors (Lipinski definition) is 1. The summed E-state index contributed by atoms with van der Waals surface area (Å²) in [4.78, 5) is 31.0. The van der Waals surface area contributed by atoms with Gasteiger partial charge in [0.2, 0.25) is 0 Å². The molecule has 0 spiro atoms. The molecule has 1 amide bonds. The fraction of sp³-hybridized carbons (Fsp3) is 0.217. The van der Waals surface area contributed by atoms with E-state index in [1.165, 1.54) is 30.7 Å². The number of hydrogen-bond acceptors (Lipinski definition) is 6. The van der Waals surface area contributed by atoms with Crippen molar-refractivity contribution in [1.82, 2.24) is 14.6 Å². The van der Waals surface area contributed by atoms with Crippen molar-refractivity contribution in [3.8, 4) is 11.3 Å². The number of aromatic nitrogens is 3. The third-order valence-corrected chi connectivity index (χ3v) is 6.78. The normalized spacial score (nSPS) is 12.8. The summed E-state index contributed by atoms with van der Waals surface area (Å²) in [5.74, 6) is -1.11. The van der Waals surface area contributed by atoms with E-state index in [2.05, 4.69) is 15.4 Å². The summed E-state index contributed by atoms with van der Waals surface area (Å²) in [5.41, 5.74) is 1.85. The Balaban J connectivity index is 1.58. The van der Waals surface area contributed by atoms with E-state index < -0.39 is 18.3 Å². The maximum atomic E-state index is 13.8. The minimum absolute atomic E-state index is 0.00729. The number of ether oxygens (including phenoxy) is 1. The summed E-state index contributed by atoms with van der Waals surface area (Å²) in [6.45, 7) is 0. The average Bonchev–Trinajstić information content (AvgIpc) is 3.52. The summed E-state index contributed by atoms with van der Waals surface area (Å²) < 4.78 is 33.5. The Kier molecular flexibility index (Phi) is 5.37. The van der Waals surface area contributed by atoms with Gasteiger partial charge >= 0.3 is 5.97 Å². The summed E-state index contributed by atoms with van der Waals surface area (Å²) in [6, 6.07) is 10.1. The molecule has 1 N–H and O–H groups in total. The number of esters is 1. The van der Waals surface area contributed by atoms with Crippen LogP contribution in [0.25, 0.3) is 16.9 Å². The van der Waals surface area contributed by atoms with Crippen LogP contribution in [0.15, 0.2) is 42.6 Å². The Morgan fingerprint density at radius 3 is 2.73 bits per heavy atom. The lowest BCUT2D eigenvalue weighted by Crippen LogP contribution is -2.15. The summed E-state index contributed by atoms with van der Waals surface area (Å²) in [6.07, 6.45) is 0.895. The fourth-order valence-electron chi connectivity index (χ4n) is 4.04. The van der Waals surface area contributed by atoms with Gasteiger partial charge in [-0.2, -0.15) is 5.10 Å². The molecular weight excluding hydrogens is 450 g/mol. The monoisotopic (exact) mass is 468 g/mol. The van der Waals surface area contributed by atoms with Crippen molar-refractivity contribution in [3.63, 3.8) is 0 Å². The molecule has 0 unspecified atom stereocenters. The Hall–Kier alpha value is -3.66. The van der Waals surface area contributed by atoms with Crippen molar-refractivity contribution in [3.05, 3.63) is 69.9 Å². The molecule has 0 atom stereocenters. The van der Waals surface area contributed by atoms with Crippen LogP contribution in [-0.4, -0.2) is 33.6 Å². The van der Waals surface area contributed by atoms with Gasteiger partial charge in [0.05, 0.1) is 24.6 Å². The van der Waals surface area contributed by atoms with Crippen molar-refractivity contribution in [2.75, 3.05) is 12.4 Å². The van der Waals surface area contributed by atoms with Gasteiger partial charge in [-0.3, -0.25) is 4.79 Å². The van der Waals surface area contributed by atoms with Gasteiger partial charge in [-0.05, 0) is 30.9 Å². The lowest BCUT2D eigenvalue weighted by atomic mass is 10.1. The highest BCUT2D eigenvalue weighted by Crippen LogP contribution is 2.39. The molecule has 10 heteroatoms. The Labute approximate surface area is 191 Å². The minimum Gasteiger partial charge on any atom is -0.465 e. The number of anilines is 1. The van der Waals surface area contributed by atoms with Gasteiger partial charge in [-0.15, -0.1) is 11.3 Å². The van der Waals surface area contributed by atoms with Gasteiger partial charge in [-0.1, -0.05) is 30.3 Å². The molecule has 0 radical (unpaired) electrons. The van der Waals surface area contributed by atoms with Crippen LogP contribution in [0.1, 0.15) is 49.7 Å². The van der Waals surface area contributed by atoms with Gasteiger partial charge in [-0.25, -0.2) is 23.1 Å². The van der Waals surface area contributed by atoms with E-state index in [1.54, 1.807) is 24.3 Å². The zero-order valence-corrected chi connectivity index (χ0v) is 18.3. The number of rotatable bonds is 5. The van der Waals surface area contributed by atoms with Crippen LogP contribution in [0.5, 0.6) is 0 Å². The topological polar surface area (TPSA) is 85.6 Å². The van der Waals surface area contributed by atoms with Crippen LogP contribution in [0.3, 0.4) is 0 Å². The van der Waals surface area contributed by atoms with Crippen LogP contribution in [-0.2, 0) is 17.6 Å². The minimum atomic E-state index is -2.82. The van der Waals surface area contributed by atoms with Crippen LogP contribution >= 0.6 is 11.3 Å². The second kappa shape index (κ2) is 8.36. The molecule has 1 aliphatic rings. The fourth-order valence-corrected chi connectivity index (χ4v) is 5.31. The van der Waals surface area contributed by atoms with Gasteiger partial charge < -0.3 is 10.1 Å². The molecule has 0 fully saturated rings. The van der Waals surface area contributed by atoms with Crippen LogP contribution in [0.2, 0.25) is 0 Å². The SMILES string of the molecule is COC(=O)c1c(NC(=O)c2cnn3c(C(F)F)cc(-c4ccccc4)nc23)sc2c1CCC2. The first kappa shape index (κ1) is 21.2. The number of aryl methyl sites for hydroxylation is 1. The van der Waals surface area contributed by atoms with Crippen LogP contribution in [0.4, 0.5) is 13.8 Å². The number of benzene rings is 1. The van der Waals surface area contributed by atoms with E-state index in [-0.39, 0.29) is 16.9 Å². The van der Waals surface area contributed by atoms with Gasteiger partial charge in [0.15, 0.2) is 5.65 Å². The number of nitrogens with zero attached hydrogens (tertiary/aromatic N) is 3. The number of halogens is 2. The van der Waals surface area contributed by atoms with Crippen molar-refractivity contribution in [2.45, 2.75) is 25.7 Å². The van der Waals surface area contributed by atoms with Gasteiger partial charge in [0.1, 0.15) is 16.3 Å². The van der Waals surface area contributed by atoms with Crippen LogP contribution < -0.4 is 5.32 Å². The quantitative estimate of drug-likeness (QED) is 0.420. The Morgan fingerprint density at radius 2 is 2.00 bits per heavy atom. The molecule has 1 aliphatic carbocycles. The zero-order chi connectivity index (χ0) is 23.1. The first-order valence-electron chi connectivity index (χ1n) is 10.2. The first-order valence-corrected chi connectivity index (χ1v) is 11.1. The number of thiophene rings is 1. The number of carbonyl (C=O) groups is 2. The van der Waals surface area contributed by atoms with E-state index in [0.29, 0.717) is 21.8 Å². The molecular formula is C23H18F2N4O3S. The molecule has 5 rings (SSSR count). The number of nitrogens with one attached hydrogen (secondary N) is 1. The van der Waals surface area contributed by atoms with E-state index in [9.17, 15) is 18.4 Å². The van der Waals surface area contributed by atoms with Crippen molar-refractivity contribution < 1.29 is 23.1 Å². The average molecular weight is 468 g/mol. The van der Waals surface area contributed by atoms with E-state index in [0.717, 1.165) is 34.2 Å². The molecule has 33 heavy (non-hydrogen) atoms. The van der Waals surface area contributed by atoms with Crippen molar-refractivity contribution in [2.24, 2.45) is 0 Å². The third kappa shape index (κ3) is 3.66. The molecule has 3 aromatic heterocycles. The molecule has 0 saturated heterocycles. The summed E-state index contributed by atoms with van der Waals surface area (Å²) in [7, 11) is 1.29. The Morgan fingerprint density at radius 1 is 1.21 bits per heavy atom.